The molecule has 0 radical (unpaired) electrons. The van der Waals surface area contributed by atoms with E-state index in [1.807, 2.05) is 6.07 Å². The lowest BCUT2D eigenvalue weighted by Crippen LogP contribution is -2.26. The van der Waals surface area contributed by atoms with E-state index in [1.165, 1.54) is 6.07 Å². The number of hydrogen-bond acceptors (Lipinski definition) is 3. The average Bonchev–Trinajstić information content (AvgIpc) is 2.26. The third-order valence-electron chi connectivity index (χ3n) is 1.80. The molecule has 0 aliphatic heterocycles. The minimum absolute atomic E-state index is 0.244. The molecule has 5 heteroatoms. The lowest BCUT2D eigenvalue weighted by Gasteiger charge is -2.11. The van der Waals surface area contributed by atoms with Gasteiger partial charge < -0.3 is 10.4 Å². The molecule has 15 heavy (non-hydrogen) atoms. The molecule has 0 aliphatic rings. The van der Waals surface area contributed by atoms with Gasteiger partial charge in [-0.25, -0.2) is 8.78 Å². The zero-order chi connectivity index (χ0) is 11.3. The second kappa shape index (κ2) is 5.27. The first kappa shape index (κ1) is 11.4. The van der Waals surface area contributed by atoms with E-state index in [0.717, 1.165) is 0 Å². The van der Waals surface area contributed by atoms with Crippen LogP contribution in [0, 0.1) is 11.3 Å². The number of aliphatic hydroxyl groups is 1. The minimum atomic E-state index is -2.77. The first-order valence-corrected chi connectivity index (χ1v) is 4.33. The predicted molar refractivity (Wildman–Crippen MR) is 51.7 cm³/mol. The molecule has 1 rings (SSSR count). The van der Waals surface area contributed by atoms with Gasteiger partial charge in [0.1, 0.15) is 6.10 Å². The number of aliphatic hydroxyl groups excluding tert-OH is 1. The van der Waals surface area contributed by atoms with Crippen LogP contribution in [-0.2, 0) is 0 Å². The molecule has 1 atom stereocenters. The average molecular weight is 212 g/mol. The zero-order valence-electron chi connectivity index (χ0n) is 7.82. The van der Waals surface area contributed by atoms with Gasteiger partial charge >= 0.3 is 0 Å². The van der Waals surface area contributed by atoms with Gasteiger partial charge in [-0.15, -0.1) is 0 Å². The quantitative estimate of drug-likeness (QED) is 0.796. The summed E-state index contributed by atoms with van der Waals surface area (Å²) < 4.78 is 23.9. The van der Waals surface area contributed by atoms with Crippen molar-refractivity contribution in [1.29, 1.82) is 5.26 Å². The summed E-state index contributed by atoms with van der Waals surface area (Å²) in [4.78, 5) is 0. The van der Waals surface area contributed by atoms with Crippen molar-refractivity contribution in [2.75, 3.05) is 11.9 Å². The summed E-state index contributed by atoms with van der Waals surface area (Å²) in [5.74, 6) is 0. The molecular weight excluding hydrogens is 202 g/mol. The molecule has 1 aromatic carbocycles. The molecule has 0 fully saturated rings. The molecule has 0 heterocycles. The van der Waals surface area contributed by atoms with E-state index >= 15 is 0 Å². The van der Waals surface area contributed by atoms with Crippen molar-refractivity contribution >= 4 is 5.69 Å². The highest BCUT2D eigenvalue weighted by molar-refractivity contribution is 5.49. The number of anilines is 1. The molecule has 80 valence electrons. The Morgan fingerprint density at radius 3 is 2.80 bits per heavy atom. The second-order valence-corrected chi connectivity index (χ2v) is 2.98. The van der Waals surface area contributed by atoms with Crippen molar-refractivity contribution in [2.45, 2.75) is 12.5 Å². The van der Waals surface area contributed by atoms with Crippen LogP contribution in [0.5, 0.6) is 0 Å². The van der Waals surface area contributed by atoms with Gasteiger partial charge in [0, 0.05) is 12.2 Å². The molecule has 1 unspecified atom stereocenters. The van der Waals surface area contributed by atoms with Gasteiger partial charge in [-0.1, -0.05) is 6.07 Å². The SMILES string of the molecule is N#Cc1cccc(NCC(O)C(F)F)c1. The van der Waals surface area contributed by atoms with Crippen LogP contribution in [0.25, 0.3) is 0 Å². The van der Waals surface area contributed by atoms with Gasteiger partial charge in [-0.2, -0.15) is 5.26 Å². The maximum atomic E-state index is 11.9. The Labute approximate surface area is 86.0 Å². The summed E-state index contributed by atoms with van der Waals surface area (Å²) >= 11 is 0. The van der Waals surface area contributed by atoms with Crippen LogP contribution >= 0.6 is 0 Å². The Kier molecular flexibility index (Phi) is 4.01. The fraction of sp³-hybridized carbons (Fsp3) is 0.300. The fourth-order valence-corrected chi connectivity index (χ4v) is 1.01. The molecule has 0 bridgehead atoms. The smallest absolute Gasteiger partial charge is 0.265 e. The van der Waals surface area contributed by atoms with E-state index in [1.54, 1.807) is 18.2 Å². The lowest BCUT2D eigenvalue weighted by atomic mass is 10.2. The van der Waals surface area contributed by atoms with Gasteiger partial charge in [0.15, 0.2) is 0 Å². The monoisotopic (exact) mass is 212 g/mol. The van der Waals surface area contributed by atoms with Crippen molar-refractivity contribution in [3.63, 3.8) is 0 Å². The van der Waals surface area contributed by atoms with Crippen LogP contribution in [0.4, 0.5) is 14.5 Å². The topological polar surface area (TPSA) is 56.0 Å². The molecule has 3 nitrogen and oxygen atoms in total. The highest BCUT2D eigenvalue weighted by Crippen LogP contribution is 2.10. The molecule has 1 aromatic rings. The number of hydrogen-bond donors (Lipinski definition) is 2. The number of halogens is 2. The fourth-order valence-electron chi connectivity index (χ4n) is 1.01. The third kappa shape index (κ3) is 3.52. The van der Waals surface area contributed by atoms with E-state index in [4.69, 9.17) is 10.4 Å². The Hall–Kier alpha value is -1.67. The Bertz CT molecular complexity index is 363. The highest BCUT2D eigenvalue weighted by Gasteiger charge is 2.15. The van der Waals surface area contributed by atoms with Gasteiger partial charge in [0.05, 0.1) is 11.6 Å². The predicted octanol–water partition coefficient (Wildman–Crippen LogP) is 1.60. The summed E-state index contributed by atoms with van der Waals surface area (Å²) in [5.41, 5.74) is 0.972. The van der Waals surface area contributed by atoms with Crippen LogP contribution in [0.15, 0.2) is 24.3 Å². The van der Waals surface area contributed by atoms with Gasteiger partial charge in [0.25, 0.3) is 6.43 Å². The first-order valence-electron chi connectivity index (χ1n) is 4.33. The Morgan fingerprint density at radius 1 is 1.47 bits per heavy atom. The third-order valence-corrected chi connectivity index (χ3v) is 1.80. The van der Waals surface area contributed by atoms with E-state index < -0.39 is 12.5 Å². The van der Waals surface area contributed by atoms with Crippen molar-refractivity contribution in [3.05, 3.63) is 29.8 Å². The summed E-state index contributed by atoms with van der Waals surface area (Å²) in [6.45, 7) is -0.244. The summed E-state index contributed by atoms with van der Waals surface area (Å²) in [5, 5.41) is 20.0. The minimum Gasteiger partial charge on any atom is -0.385 e. The number of alkyl halides is 2. The Balaban J connectivity index is 2.55. The maximum absolute atomic E-state index is 11.9. The van der Waals surface area contributed by atoms with E-state index in [2.05, 4.69) is 5.32 Å². The van der Waals surface area contributed by atoms with Crippen LogP contribution in [0.3, 0.4) is 0 Å². The molecule has 0 spiro atoms. The molecular formula is C10H10F2N2O. The molecule has 0 saturated carbocycles. The summed E-state index contributed by atoms with van der Waals surface area (Å²) in [6.07, 6.45) is -4.47. The number of rotatable bonds is 4. The van der Waals surface area contributed by atoms with Gasteiger partial charge in [-0.05, 0) is 18.2 Å². The normalized spacial score (nSPS) is 12.2. The van der Waals surface area contributed by atoms with Crippen molar-refractivity contribution in [1.82, 2.24) is 0 Å². The maximum Gasteiger partial charge on any atom is 0.265 e. The van der Waals surface area contributed by atoms with Crippen LogP contribution in [-0.4, -0.2) is 24.2 Å². The standard InChI is InChI=1S/C10H10F2N2O/c11-10(12)9(15)6-14-8-3-1-2-7(4-8)5-13/h1-4,9-10,14-15H,6H2. The first-order chi connectivity index (χ1) is 7.13. The lowest BCUT2D eigenvalue weighted by molar-refractivity contribution is 0.00384. The largest absolute Gasteiger partial charge is 0.385 e. The molecule has 0 amide bonds. The van der Waals surface area contributed by atoms with Crippen molar-refractivity contribution in [3.8, 4) is 6.07 Å². The molecule has 0 aromatic heterocycles. The highest BCUT2D eigenvalue weighted by atomic mass is 19.3. The molecule has 2 N–H and O–H groups in total. The molecule has 0 aliphatic carbocycles. The van der Waals surface area contributed by atoms with Gasteiger partial charge in [-0.3, -0.25) is 0 Å². The van der Waals surface area contributed by atoms with Crippen molar-refractivity contribution < 1.29 is 13.9 Å². The van der Waals surface area contributed by atoms with E-state index in [-0.39, 0.29) is 6.54 Å². The summed E-state index contributed by atoms with van der Waals surface area (Å²) in [6, 6.07) is 8.33. The van der Waals surface area contributed by atoms with E-state index in [0.29, 0.717) is 11.3 Å². The van der Waals surface area contributed by atoms with E-state index in [9.17, 15) is 8.78 Å². The number of nitrogens with zero attached hydrogens (tertiary/aromatic N) is 1. The number of benzene rings is 1. The Morgan fingerprint density at radius 2 is 2.20 bits per heavy atom. The summed E-state index contributed by atoms with van der Waals surface area (Å²) in [7, 11) is 0. The zero-order valence-corrected chi connectivity index (χ0v) is 7.82. The van der Waals surface area contributed by atoms with Gasteiger partial charge in [0.2, 0.25) is 0 Å². The van der Waals surface area contributed by atoms with Crippen molar-refractivity contribution in [2.24, 2.45) is 0 Å². The number of nitriles is 1. The second-order valence-electron chi connectivity index (χ2n) is 2.98. The number of nitrogens with one attached hydrogen (secondary N) is 1. The van der Waals surface area contributed by atoms with Crippen LogP contribution in [0.1, 0.15) is 5.56 Å². The van der Waals surface area contributed by atoms with Crippen LogP contribution < -0.4 is 5.32 Å². The van der Waals surface area contributed by atoms with Crippen LogP contribution in [0.2, 0.25) is 0 Å². The molecule has 0 saturated heterocycles.